The Morgan fingerprint density at radius 3 is 2.37 bits per heavy atom. The minimum absolute atomic E-state index is 0.0959. The van der Waals surface area contributed by atoms with Crippen molar-refractivity contribution in [3.8, 4) is 16.9 Å². The van der Waals surface area contributed by atoms with E-state index in [2.05, 4.69) is 10.3 Å². The van der Waals surface area contributed by atoms with Gasteiger partial charge in [-0.3, -0.25) is 4.79 Å². The topological polar surface area (TPSA) is 138 Å². The van der Waals surface area contributed by atoms with Crippen LogP contribution in [0.25, 0.3) is 22.0 Å². The molecule has 0 bridgehead atoms. The SMILES string of the molecule is COC[C@H](Cc1ccc(O)cc1)NC(=O)c1cc(C(=O)OCC(O)CO)c2cc(-c3cccc(C(F)(F)F)c3)ccc2n1. The molecule has 9 nitrogen and oxygen atoms in total. The summed E-state index contributed by atoms with van der Waals surface area (Å²) in [5, 5.41) is 31.3. The maximum atomic E-state index is 13.3. The van der Waals surface area contributed by atoms with Crippen molar-refractivity contribution in [1.82, 2.24) is 10.3 Å². The third kappa shape index (κ3) is 8.07. The number of nitrogens with one attached hydrogen (secondary N) is 1. The summed E-state index contributed by atoms with van der Waals surface area (Å²) in [4.78, 5) is 30.8. The Hall–Kier alpha value is -4.52. The van der Waals surface area contributed by atoms with E-state index in [1.807, 2.05) is 0 Å². The molecule has 12 heteroatoms. The van der Waals surface area contributed by atoms with Crippen molar-refractivity contribution in [1.29, 1.82) is 0 Å². The normalized spacial score (nSPS) is 13.0. The number of amides is 1. The number of aliphatic hydroxyl groups is 2. The monoisotopic (exact) mass is 598 g/mol. The molecule has 1 heterocycles. The molecule has 0 fully saturated rings. The van der Waals surface area contributed by atoms with Crippen LogP contribution in [-0.2, 0) is 22.1 Å². The summed E-state index contributed by atoms with van der Waals surface area (Å²) in [6, 6.07) is 16.3. The highest BCUT2D eigenvalue weighted by Gasteiger charge is 2.30. The van der Waals surface area contributed by atoms with E-state index >= 15 is 0 Å². The predicted octanol–water partition coefficient (Wildman–Crippen LogP) is 4.12. The Morgan fingerprint density at radius 2 is 1.70 bits per heavy atom. The molecule has 43 heavy (non-hydrogen) atoms. The molecule has 2 atom stereocenters. The number of benzene rings is 3. The minimum Gasteiger partial charge on any atom is -0.508 e. The molecule has 4 aromatic rings. The van der Waals surface area contributed by atoms with Crippen molar-refractivity contribution in [3.63, 3.8) is 0 Å². The van der Waals surface area contributed by atoms with Crippen molar-refractivity contribution >= 4 is 22.8 Å². The molecule has 3 aromatic carbocycles. The fourth-order valence-corrected chi connectivity index (χ4v) is 4.40. The van der Waals surface area contributed by atoms with Gasteiger partial charge in [0.05, 0.1) is 35.9 Å². The van der Waals surface area contributed by atoms with Crippen LogP contribution in [0.5, 0.6) is 5.75 Å². The van der Waals surface area contributed by atoms with Crippen molar-refractivity contribution in [3.05, 3.63) is 95.2 Å². The molecule has 0 spiro atoms. The number of phenolic OH excluding ortho intramolecular Hbond substituents is 1. The van der Waals surface area contributed by atoms with Gasteiger partial charge in [-0.2, -0.15) is 13.2 Å². The van der Waals surface area contributed by atoms with Gasteiger partial charge in [-0.05, 0) is 65.6 Å². The highest BCUT2D eigenvalue weighted by Crippen LogP contribution is 2.33. The molecule has 1 unspecified atom stereocenters. The lowest BCUT2D eigenvalue weighted by atomic mass is 9.98. The predicted molar refractivity (Wildman–Crippen MR) is 150 cm³/mol. The fourth-order valence-electron chi connectivity index (χ4n) is 4.40. The molecular formula is C31H29F3N2O7. The van der Waals surface area contributed by atoms with E-state index in [0.29, 0.717) is 12.0 Å². The highest BCUT2D eigenvalue weighted by molar-refractivity contribution is 6.07. The molecule has 1 amide bonds. The molecule has 226 valence electrons. The summed E-state index contributed by atoms with van der Waals surface area (Å²) < 4.78 is 50.3. The number of hydrogen-bond donors (Lipinski definition) is 4. The first-order valence-electron chi connectivity index (χ1n) is 13.1. The number of phenols is 1. The van der Waals surface area contributed by atoms with Gasteiger partial charge in [0.25, 0.3) is 5.91 Å². The average molecular weight is 599 g/mol. The van der Waals surface area contributed by atoms with E-state index in [-0.39, 0.29) is 40.1 Å². The van der Waals surface area contributed by atoms with Gasteiger partial charge in [0.1, 0.15) is 24.2 Å². The van der Waals surface area contributed by atoms with Crippen LogP contribution in [0.15, 0.2) is 72.8 Å². The molecule has 0 saturated carbocycles. The van der Waals surface area contributed by atoms with Crippen LogP contribution in [-0.4, -0.2) is 71.3 Å². The summed E-state index contributed by atoms with van der Waals surface area (Å²) in [7, 11) is 1.47. The Kier molecular flexibility index (Phi) is 9.96. The molecule has 0 aliphatic rings. The van der Waals surface area contributed by atoms with Gasteiger partial charge in [-0.15, -0.1) is 0 Å². The number of halogens is 3. The lowest BCUT2D eigenvalue weighted by Crippen LogP contribution is -2.40. The number of carbonyl (C=O) groups excluding carboxylic acids is 2. The third-order valence-corrected chi connectivity index (χ3v) is 6.52. The number of pyridine rings is 1. The molecule has 0 radical (unpaired) electrons. The molecule has 0 saturated heterocycles. The van der Waals surface area contributed by atoms with Crippen LogP contribution in [0.2, 0.25) is 0 Å². The zero-order valence-electron chi connectivity index (χ0n) is 23.0. The standard InChI is InChI=1S/C31H29F3N2O7/c1-42-16-22(11-18-5-8-23(38)9-6-18)35-29(40)28-14-26(30(41)43-17-24(39)15-37)25-13-20(7-10-27(25)36-28)19-3-2-4-21(12-19)31(32,33)34/h2-10,12-14,22,24,37-39H,11,15-17H2,1H3,(H,35,40)/t22-,24?/m0/s1. The first kappa shape index (κ1) is 31.4. The number of methoxy groups -OCH3 is 1. The summed E-state index contributed by atoms with van der Waals surface area (Å²) in [6.45, 7) is -1.04. The van der Waals surface area contributed by atoms with E-state index in [1.165, 1.54) is 55.6 Å². The molecule has 0 aliphatic carbocycles. The molecule has 1 aromatic heterocycles. The number of ether oxygens (including phenoxy) is 2. The molecule has 0 aliphatic heterocycles. The summed E-state index contributed by atoms with van der Waals surface area (Å²) in [5.74, 6) is -1.47. The van der Waals surface area contributed by atoms with Crippen LogP contribution < -0.4 is 5.32 Å². The number of alkyl halides is 3. The largest absolute Gasteiger partial charge is 0.508 e. The van der Waals surface area contributed by atoms with E-state index < -0.39 is 49.0 Å². The average Bonchev–Trinajstić information content (AvgIpc) is 2.99. The second-order valence-electron chi connectivity index (χ2n) is 9.80. The van der Waals surface area contributed by atoms with Gasteiger partial charge in [-0.1, -0.05) is 30.3 Å². The van der Waals surface area contributed by atoms with Crippen LogP contribution >= 0.6 is 0 Å². The van der Waals surface area contributed by atoms with Crippen molar-refractivity contribution < 1.29 is 47.6 Å². The van der Waals surface area contributed by atoms with Crippen LogP contribution in [0.3, 0.4) is 0 Å². The Bertz CT molecular complexity index is 1590. The van der Waals surface area contributed by atoms with Gasteiger partial charge < -0.3 is 30.1 Å². The summed E-state index contributed by atoms with van der Waals surface area (Å²) in [5.41, 5.74) is 0.518. The molecule has 4 rings (SSSR count). The van der Waals surface area contributed by atoms with Crippen molar-refractivity contribution in [2.24, 2.45) is 0 Å². The van der Waals surface area contributed by atoms with Crippen LogP contribution in [0.1, 0.15) is 32.0 Å². The Labute approximate surface area is 244 Å². The van der Waals surface area contributed by atoms with E-state index in [1.54, 1.807) is 12.1 Å². The van der Waals surface area contributed by atoms with Crippen LogP contribution in [0, 0.1) is 0 Å². The Morgan fingerprint density at radius 1 is 0.977 bits per heavy atom. The van der Waals surface area contributed by atoms with E-state index in [4.69, 9.17) is 14.6 Å². The van der Waals surface area contributed by atoms with Crippen LogP contribution in [0.4, 0.5) is 13.2 Å². The number of fused-ring (bicyclic) bond motifs is 1. The summed E-state index contributed by atoms with van der Waals surface area (Å²) >= 11 is 0. The molecular weight excluding hydrogens is 569 g/mol. The first-order valence-corrected chi connectivity index (χ1v) is 13.1. The lowest BCUT2D eigenvalue weighted by molar-refractivity contribution is -0.137. The third-order valence-electron chi connectivity index (χ3n) is 6.52. The number of hydrogen-bond acceptors (Lipinski definition) is 8. The summed E-state index contributed by atoms with van der Waals surface area (Å²) in [6.07, 6.45) is -5.53. The zero-order chi connectivity index (χ0) is 31.1. The minimum atomic E-state index is -4.55. The smallest absolute Gasteiger partial charge is 0.416 e. The number of aromatic nitrogens is 1. The van der Waals surface area contributed by atoms with Gasteiger partial charge in [-0.25, -0.2) is 9.78 Å². The second-order valence-corrected chi connectivity index (χ2v) is 9.80. The van der Waals surface area contributed by atoms with E-state index in [0.717, 1.165) is 17.7 Å². The first-order chi connectivity index (χ1) is 20.5. The highest BCUT2D eigenvalue weighted by atomic mass is 19.4. The zero-order valence-corrected chi connectivity index (χ0v) is 23.0. The number of carbonyl (C=O) groups is 2. The number of aliphatic hydroxyl groups excluding tert-OH is 2. The van der Waals surface area contributed by atoms with Gasteiger partial charge in [0, 0.05) is 12.5 Å². The van der Waals surface area contributed by atoms with E-state index in [9.17, 15) is 33.0 Å². The second kappa shape index (κ2) is 13.6. The van der Waals surface area contributed by atoms with Crippen molar-refractivity contribution in [2.75, 3.05) is 26.9 Å². The number of esters is 1. The van der Waals surface area contributed by atoms with Gasteiger partial charge in [0.2, 0.25) is 0 Å². The Balaban J connectivity index is 1.71. The van der Waals surface area contributed by atoms with Crippen molar-refractivity contribution in [2.45, 2.75) is 24.7 Å². The fraction of sp³-hybridized carbons (Fsp3) is 0.258. The van der Waals surface area contributed by atoms with Gasteiger partial charge >= 0.3 is 12.1 Å². The number of aromatic hydroxyl groups is 1. The van der Waals surface area contributed by atoms with Gasteiger partial charge in [0.15, 0.2) is 0 Å². The quantitative estimate of drug-likeness (QED) is 0.189. The maximum absolute atomic E-state index is 13.3. The lowest BCUT2D eigenvalue weighted by Gasteiger charge is -2.19. The number of nitrogens with zero attached hydrogens (tertiary/aromatic N) is 1. The number of rotatable bonds is 11. The molecule has 4 N–H and O–H groups in total. The maximum Gasteiger partial charge on any atom is 0.416 e.